The van der Waals surface area contributed by atoms with Gasteiger partial charge in [-0.1, -0.05) is 0 Å². The van der Waals surface area contributed by atoms with Gasteiger partial charge in [0.25, 0.3) is 0 Å². The van der Waals surface area contributed by atoms with Crippen LogP contribution in [-0.2, 0) is 4.74 Å². The highest BCUT2D eigenvalue weighted by molar-refractivity contribution is 4.78. The van der Waals surface area contributed by atoms with Crippen LogP contribution in [0.25, 0.3) is 0 Å². The van der Waals surface area contributed by atoms with Gasteiger partial charge in [0.05, 0.1) is 12.2 Å². The van der Waals surface area contributed by atoms with Crippen LogP contribution in [-0.4, -0.2) is 61.0 Å². The first-order valence-corrected chi connectivity index (χ1v) is 6.59. The van der Waals surface area contributed by atoms with E-state index in [4.69, 9.17) is 4.74 Å². The lowest BCUT2D eigenvalue weighted by Crippen LogP contribution is -2.47. The molecule has 0 amide bonds. The smallest absolute Gasteiger partial charge is 0.0791 e. The van der Waals surface area contributed by atoms with Crippen molar-refractivity contribution in [3.63, 3.8) is 0 Å². The highest BCUT2D eigenvalue weighted by Gasteiger charge is 2.21. The number of ether oxygens (including phenoxy) is 1. The molecule has 4 heteroatoms. The Morgan fingerprint density at radius 2 is 2.18 bits per heavy atom. The molecule has 1 heterocycles. The molecule has 0 aromatic rings. The summed E-state index contributed by atoms with van der Waals surface area (Å²) in [5.74, 6) is 0. The van der Waals surface area contributed by atoms with Gasteiger partial charge in [-0.3, -0.25) is 4.90 Å². The van der Waals surface area contributed by atoms with Crippen molar-refractivity contribution < 1.29 is 9.84 Å². The van der Waals surface area contributed by atoms with E-state index in [1.165, 1.54) is 0 Å². The molecule has 17 heavy (non-hydrogen) atoms. The molecule has 0 aromatic carbocycles. The van der Waals surface area contributed by atoms with Crippen LogP contribution >= 0.6 is 0 Å². The van der Waals surface area contributed by atoms with Crippen molar-refractivity contribution in [1.29, 1.82) is 0 Å². The van der Waals surface area contributed by atoms with Gasteiger partial charge in [-0.2, -0.15) is 0 Å². The summed E-state index contributed by atoms with van der Waals surface area (Å²) in [5.41, 5.74) is 0.0674. The summed E-state index contributed by atoms with van der Waals surface area (Å²) >= 11 is 0. The normalized spacial score (nSPS) is 24.9. The van der Waals surface area contributed by atoms with Gasteiger partial charge in [0.1, 0.15) is 0 Å². The van der Waals surface area contributed by atoms with Crippen LogP contribution in [0.2, 0.25) is 0 Å². The highest BCUT2D eigenvalue weighted by atomic mass is 16.5. The number of nitrogens with one attached hydrogen (secondary N) is 1. The number of hydrogen-bond acceptors (Lipinski definition) is 4. The third kappa shape index (κ3) is 6.36. The second-order valence-corrected chi connectivity index (χ2v) is 6.04. The number of aliphatic hydroxyl groups excluding tert-OH is 1. The second kappa shape index (κ2) is 6.69. The minimum Gasteiger partial charge on any atom is -0.390 e. The lowest BCUT2D eigenvalue weighted by atomic mass is 10.1. The fourth-order valence-corrected chi connectivity index (χ4v) is 2.16. The molecule has 2 N–H and O–H groups in total. The molecule has 0 bridgehead atoms. The summed E-state index contributed by atoms with van der Waals surface area (Å²) in [6.45, 7) is 9.75. The van der Waals surface area contributed by atoms with Gasteiger partial charge in [-0.05, 0) is 40.2 Å². The minimum absolute atomic E-state index is 0.0674. The summed E-state index contributed by atoms with van der Waals surface area (Å²) in [7, 11) is 1.77. The molecule has 0 saturated carbocycles. The largest absolute Gasteiger partial charge is 0.390 e. The number of piperidine rings is 1. The van der Waals surface area contributed by atoms with E-state index in [9.17, 15) is 5.11 Å². The van der Waals surface area contributed by atoms with Gasteiger partial charge in [0, 0.05) is 32.3 Å². The number of hydrogen-bond donors (Lipinski definition) is 2. The van der Waals surface area contributed by atoms with Crippen LogP contribution in [0.5, 0.6) is 0 Å². The zero-order valence-electron chi connectivity index (χ0n) is 11.7. The van der Waals surface area contributed by atoms with Gasteiger partial charge in [-0.25, -0.2) is 0 Å². The number of aliphatic hydroxyl groups is 1. The molecule has 2 unspecified atom stereocenters. The molecule has 1 fully saturated rings. The van der Waals surface area contributed by atoms with Crippen molar-refractivity contribution in [3.8, 4) is 0 Å². The van der Waals surface area contributed by atoms with E-state index in [0.29, 0.717) is 12.6 Å². The van der Waals surface area contributed by atoms with Crippen molar-refractivity contribution >= 4 is 0 Å². The number of β-amino-alcohol motifs (C(OH)–C–C–N with tert-alkyl or cyclic N) is 1. The van der Waals surface area contributed by atoms with Crippen molar-refractivity contribution in [2.45, 2.75) is 51.4 Å². The molecule has 0 aliphatic carbocycles. The van der Waals surface area contributed by atoms with Gasteiger partial charge >= 0.3 is 0 Å². The van der Waals surface area contributed by atoms with E-state index in [2.05, 4.69) is 31.0 Å². The first-order chi connectivity index (χ1) is 7.90. The van der Waals surface area contributed by atoms with Crippen LogP contribution in [0.15, 0.2) is 0 Å². The Kier molecular flexibility index (Phi) is 5.86. The van der Waals surface area contributed by atoms with Crippen molar-refractivity contribution in [3.05, 3.63) is 0 Å². The molecule has 1 saturated heterocycles. The number of likely N-dealkylation sites (tertiary alicyclic amines) is 1. The van der Waals surface area contributed by atoms with Crippen LogP contribution in [0.4, 0.5) is 0 Å². The second-order valence-electron chi connectivity index (χ2n) is 6.04. The quantitative estimate of drug-likeness (QED) is 0.752. The molecule has 2 atom stereocenters. The Balaban J connectivity index is 2.23. The predicted octanol–water partition coefficient (Wildman–Crippen LogP) is 0.846. The van der Waals surface area contributed by atoms with Crippen LogP contribution in [0.1, 0.15) is 33.6 Å². The fourth-order valence-electron chi connectivity index (χ4n) is 2.16. The molecular weight excluding hydrogens is 216 g/mol. The summed E-state index contributed by atoms with van der Waals surface area (Å²) in [6.07, 6.45) is 2.35. The first kappa shape index (κ1) is 14.9. The Labute approximate surface area is 105 Å². The molecular formula is C13H28N2O2. The van der Waals surface area contributed by atoms with Crippen molar-refractivity contribution in [2.24, 2.45) is 0 Å². The van der Waals surface area contributed by atoms with Crippen molar-refractivity contribution in [2.75, 3.05) is 33.3 Å². The summed E-state index contributed by atoms with van der Waals surface area (Å²) in [6, 6.07) is 0. The molecule has 102 valence electrons. The van der Waals surface area contributed by atoms with Crippen LogP contribution in [0.3, 0.4) is 0 Å². The van der Waals surface area contributed by atoms with E-state index in [1.54, 1.807) is 7.11 Å². The Hall–Kier alpha value is -0.160. The maximum absolute atomic E-state index is 9.98. The predicted molar refractivity (Wildman–Crippen MR) is 70.2 cm³/mol. The van der Waals surface area contributed by atoms with Crippen LogP contribution < -0.4 is 5.32 Å². The van der Waals surface area contributed by atoms with E-state index < -0.39 is 0 Å². The van der Waals surface area contributed by atoms with E-state index in [1.807, 2.05) is 0 Å². The molecule has 1 aliphatic rings. The molecule has 4 nitrogen and oxygen atoms in total. The Morgan fingerprint density at radius 3 is 2.76 bits per heavy atom. The topological polar surface area (TPSA) is 44.7 Å². The van der Waals surface area contributed by atoms with E-state index in [0.717, 1.165) is 32.5 Å². The fraction of sp³-hybridized carbons (Fsp3) is 1.00. The molecule has 1 rings (SSSR count). The van der Waals surface area contributed by atoms with E-state index in [-0.39, 0.29) is 11.6 Å². The summed E-state index contributed by atoms with van der Waals surface area (Å²) in [5, 5.41) is 13.3. The first-order valence-electron chi connectivity index (χ1n) is 6.59. The van der Waals surface area contributed by atoms with Gasteiger partial charge in [-0.15, -0.1) is 0 Å². The van der Waals surface area contributed by atoms with Crippen molar-refractivity contribution in [1.82, 2.24) is 10.2 Å². The minimum atomic E-state index is -0.301. The molecule has 0 radical (unpaired) electrons. The molecule has 0 aromatic heterocycles. The zero-order valence-corrected chi connectivity index (χ0v) is 11.7. The van der Waals surface area contributed by atoms with E-state index >= 15 is 0 Å². The Bertz CT molecular complexity index is 216. The molecule has 0 spiro atoms. The molecule has 1 aliphatic heterocycles. The number of rotatable bonds is 5. The van der Waals surface area contributed by atoms with Crippen LogP contribution in [0, 0.1) is 0 Å². The summed E-state index contributed by atoms with van der Waals surface area (Å²) in [4.78, 5) is 2.30. The van der Waals surface area contributed by atoms with Gasteiger partial charge < -0.3 is 15.2 Å². The highest BCUT2D eigenvalue weighted by Crippen LogP contribution is 2.12. The zero-order chi connectivity index (χ0) is 12.9. The lowest BCUT2D eigenvalue weighted by Gasteiger charge is -2.33. The lowest BCUT2D eigenvalue weighted by molar-refractivity contribution is 0.0124. The van der Waals surface area contributed by atoms with Gasteiger partial charge in [0.2, 0.25) is 0 Å². The number of methoxy groups -OCH3 is 1. The summed E-state index contributed by atoms with van der Waals surface area (Å²) < 4.78 is 5.38. The third-order valence-electron chi connectivity index (χ3n) is 3.13. The monoisotopic (exact) mass is 244 g/mol. The standard InChI is InChI=1S/C13H28N2O2/c1-13(2,3)14-8-11(16)9-15-7-5-6-12(10-15)17-4/h11-12,14,16H,5-10H2,1-4H3. The number of nitrogens with zero attached hydrogens (tertiary/aromatic N) is 1. The SMILES string of the molecule is COC1CCCN(CC(O)CNC(C)(C)C)C1. The maximum atomic E-state index is 9.98. The third-order valence-corrected chi connectivity index (χ3v) is 3.13. The average molecular weight is 244 g/mol. The maximum Gasteiger partial charge on any atom is 0.0791 e. The van der Waals surface area contributed by atoms with Gasteiger partial charge in [0.15, 0.2) is 0 Å². The average Bonchev–Trinajstić information content (AvgIpc) is 2.26. The Morgan fingerprint density at radius 1 is 1.47 bits per heavy atom.